The molecule has 0 bridgehead atoms. The molecule has 10 heteroatoms. The van der Waals surface area contributed by atoms with Gasteiger partial charge in [0.25, 0.3) is 0 Å². The molecule has 0 fully saturated rings. The van der Waals surface area contributed by atoms with E-state index in [1.807, 2.05) is 21.1 Å². The second kappa shape index (κ2) is 75.4. The fraction of sp³-hybridized carbons (Fsp3) is 0.721. The lowest BCUT2D eigenvalue weighted by molar-refractivity contribution is -0.870. The summed E-state index contributed by atoms with van der Waals surface area (Å²) in [4.78, 5) is 36.0. The van der Waals surface area contributed by atoms with Gasteiger partial charge in [-0.15, -0.1) is 0 Å². The molecule has 2 unspecified atom stereocenters. The molecule has 0 heterocycles. The lowest BCUT2D eigenvalue weighted by atomic mass is 10.0. The summed E-state index contributed by atoms with van der Waals surface area (Å²) < 4.78 is 34.8. The summed E-state index contributed by atoms with van der Waals surface area (Å²) in [6.07, 6.45) is 110. The Balaban J connectivity index is 4.06. The number of unbranched alkanes of at least 4 members (excludes halogenated alkanes) is 37. The van der Waals surface area contributed by atoms with Gasteiger partial charge in [-0.05, 0) is 96.3 Å². The van der Waals surface area contributed by atoms with Crippen LogP contribution in [-0.4, -0.2) is 74.9 Å². The molecule has 2 atom stereocenters. The fourth-order valence-corrected chi connectivity index (χ4v) is 11.9. The Morgan fingerprint density at radius 3 is 0.885 bits per heavy atom. The third-order valence-corrected chi connectivity index (χ3v) is 18.2. The van der Waals surface area contributed by atoms with Gasteiger partial charge in [0.05, 0.1) is 27.7 Å². The van der Waals surface area contributed by atoms with Crippen molar-refractivity contribution in [2.75, 3.05) is 47.5 Å². The van der Waals surface area contributed by atoms with Crippen LogP contribution in [0.1, 0.15) is 348 Å². The number of phosphoric ester groups is 1. The van der Waals surface area contributed by atoms with E-state index in [4.69, 9.17) is 18.5 Å². The van der Waals surface area contributed by atoms with Gasteiger partial charge in [-0.1, -0.05) is 372 Å². The van der Waals surface area contributed by atoms with Crippen molar-refractivity contribution >= 4 is 19.8 Å². The zero-order valence-corrected chi connectivity index (χ0v) is 64.0. The van der Waals surface area contributed by atoms with Crippen molar-refractivity contribution in [3.63, 3.8) is 0 Å². The molecule has 0 rings (SSSR count). The Hall–Kier alpha value is -3.85. The quantitative estimate of drug-likeness (QED) is 0.0211. The molecule has 1 N–H and O–H groups in total. The molecule has 0 aromatic carbocycles. The third-order valence-electron chi connectivity index (χ3n) is 17.2. The standard InChI is InChI=1S/C86H150NO8P/c1-6-8-10-12-14-16-18-20-22-24-26-28-30-32-34-36-38-40-41-42-43-44-45-47-49-51-53-55-57-59-61-63-65-67-69-71-73-75-77-79-86(89)95-84(83-94-96(90,91)93-81-80-87(3,4)5)82-92-85(88)78-76-74-72-70-68-66-64-62-60-58-56-54-52-50-48-46-39-37-35-33-31-29-27-25-23-21-19-17-15-13-11-9-7-2/h8,10,14,16,20,22,26,28,32,34,38,40,42-43,45,47,51,53,57,59,63,65,84H,6-7,9,11-13,15,17-19,21,23-25,27,29-31,33,35-37,39,41,44,46,48-50,52,54-56,58,60-62,64,66-83H2,1-5H3/p+1/b10-8-,16-14-,22-20-,28-26-,34-32-,40-38-,43-42-,47-45-,53-51-,59-57-,65-63-. The summed E-state index contributed by atoms with van der Waals surface area (Å²) in [6, 6.07) is 0. The number of rotatable bonds is 73. The molecule has 96 heavy (non-hydrogen) atoms. The van der Waals surface area contributed by atoms with Crippen molar-refractivity contribution in [2.45, 2.75) is 354 Å². The molecule has 0 aromatic heterocycles. The van der Waals surface area contributed by atoms with Gasteiger partial charge in [-0.2, -0.15) is 0 Å². The number of ether oxygens (including phenoxy) is 2. The molecule has 0 radical (unpaired) electrons. The third kappa shape index (κ3) is 79.1. The fourth-order valence-electron chi connectivity index (χ4n) is 11.1. The van der Waals surface area contributed by atoms with Gasteiger partial charge < -0.3 is 18.9 Å². The van der Waals surface area contributed by atoms with Crippen LogP contribution in [-0.2, 0) is 32.7 Å². The van der Waals surface area contributed by atoms with Crippen molar-refractivity contribution in [3.05, 3.63) is 134 Å². The molecule has 0 aliphatic heterocycles. The predicted molar refractivity (Wildman–Crippen MR) is 417 cm³/mol. The molecule has 9 nitrogen and oxygen atoms in total. The van der Waals surface area contributed by atoms with Crippen LogP contribution < -0.4 is 0 Å². The maximum atomic E-state index is 12.9. The average molecular weight is 1360 g/mol. The predicted octanol–water partition coefficient (Wildman–Crippen LogP) is 26.7. The largest absolute Gasteiger partial charge is 0.472 e. The summed E-state index contributed by atoms with van der Waals surface area (Å²) >= 11 is 0. The lowest BCUT2D eigenvalue weighted by Gasteiger charge is -2.24. The Bertz CT molecular complexity index is 2090. The van der Waals surface area contributed by atoms with Gasteiger partial charge in [0.15, 0.2) is 6.10 Å². The van der Waals surface area contributed by atoms with Gasteiger partial charge in [0.1, 0.15) is 19.8 Å². The van der Waals surface area contributed by atoms with Crippen LogP contribution in [0.5, 0.6) is 0 Å². The second-order valence-corrected chi connectivity index (χ2v) is 29.2. The van der Waals surface area contributed by atoms with Crippen LogP contribution in [0.4, 0.5) is 0 Å². The number of hydrogen-bond donors (Lipinski definition) is 1. The maximum Gasteiger partial charge on any atom is 0.472 e. The van der Waals surface area contributed by atoms with Crippen molar-refractivity contribution in [1.29, 1.82) is 0 Å². The molecule has 0 amide bonds. The van der Waals surface area contributed by atoms with E-state index in [2.05, 4.69) is 148 Å². The molecule has 0 aliphatic carbocycles. The van der Waals surface area contributed by atoms with Crippen molar-refractivity contribution < 1.29 is 42.1 Å². The summed E-state index contributed by atoms with van der Waals surface area (Å²) in [5, 5.41) is 0. The van der Waals surface area contributed by atoms with Crippen molar-refractivity contribution in [2.24, 2.45) is 0 Å². The van der Waals surface area contributed by atoms with E-state index >= 15 is 0 Å². The highest BCUT2D eigenvalue weighted by Crippen LogP contribution is 2.43. The lowest BCUT2D eigenvalue weighted by Crippen LogP contribution is -2.37. The summed E-state index contributed by atoms with van der Waals surface area (Å²) in [7, 11) is 1.46. The molecular formula is C86H151NO8P+. The van der Waals surface area contributed by atoms with Gasteiger partial charge >= 0.3 is 19.8 Å². The number of likely N-dealkylation sites (N-methyl/N-ethyl adjacent to an activating group) is 1. The van der Waals surface area contributed by atoms with E-state index in [9.17, 15) is 19.0 Å². The first kappa shape index (κ1) is 92.2. The number of allylic oxidation sites excluding steroid dienone is 22. The zero-order valence-electron chi connectivity index (χ0n) is 63.1. The molecular weight excluding hydrogens is 1210 g/mol. The highest BCUT2D eigenvalue weighted by Gasteiger charge is 2.27. The number of quaternary nitrogens is 1. The summed E-state index contributed by atoms with van der Waals surface area (Å²) in [6.45, 7) is 4.33. The van der Waals surface area contributed by atoms with Crippen molar-refractivity contribution in [1.82, 2.24) is 0 Å². The monoisotopic (exact) mass is 1360 g/mol. The van der Waals surface area contributed by atoms with Crippen LogP contribution in [0.3, 0.4) is 0 Å². The molecule has 0 aliphatic rings. The van der Waals surface area contributed by atoms with E-state index < -0.39 is 26.5 Å². The van der Waals surface area contributed by atoms with Crippen molar-refractivity contribution in [3.8, 4) is 0 Å². The first-order valence-corrected chi connectivity index (χ1v) is 41.4. The minimum atomic E-state index is -4.41. The minimum absolute atomic E-state index is 0.0227. The van der Waals surface area contributed by atoms with Crippen LogP contribution >= 0.6 is 7.82 Å². The molecule has 0 spiro atoms. The number of esters is 2. The second-order valence-electron chi connectivity index (χ2n) is 27.7. The first-order chi connectivity index (χ1) is 47.0. The normalized spacial score (nSPS) is 13.8. The highest BCUT2D eigenvalue weighted by molar-refractivity contribution is 7.47. The number of carbonyl (C=O) groups is 2. The number of carbonyl (C=O) groups excluding carboxylic acids is 2. The molecule has 0 aromatic rings. The Morgan fingerprint density at radius 1 is 0.333 bits per heavy atom. The SMILES string of the molecule is CC/C=C\C/C=C\C/C=C\C/C=C\C/C=C\C/C=C\C/C=C\C/C=C\C/C=C\C/C=C\C/C=C\CCCCCCCC(=O)OC(COC(=O)CCCCCCCCCCCCCCCCCCCCCCCCCCCCCCCCCCC)COP(=O)(O)OCC[N+](C)(C)C. The van der Waals surface area contributed by atoms with Gasteiger partial charge in [-0.25, -0.2) is 4.57 Å². The number of hydrogen-bond acceptors (Lipinski definition) is 7. The minimum Gasteiger partial charge on any atom is -0.462 e. The van der Waals surface area contributed by atoms with Gasteiger partial charge in [-0.3, -0.25) is 18.6 Å². The van der Waals surface area contributed by atoms with Crippen LogP contribution in [0.25, 0.3) is 0 Å². The maximum absolute atomic E-state index is 12.9. The molecule has 0 saturated heterocycles. The molecule has 0 saturated carbocycles. The Morgan fingerprint density at radius 2 is 0.594 bits per heavy atom. The molecule has 552 valence electrons. The summed E-state index contributed by atoms with van der Waals surface area (Å²) in [5.74, 6) is -0.814. The Labute approximate surface area is 593 Å². The average Bonchev–Trinajstić information content (AvgIpc) is 1.98. The number of nitrogens with zero attached hydrogens (tertiary/aromatic N) is 1. The van der Waals surface area contributed by atoms with E-state index in [1.54, 1.807) is 0 Å². The van der Waals surface area contributed by atoms with Gasteiger partial charge in [0, 0.05) is 12.8 Å². The number of phosphoric acid groups is 1. The van der Waals surface area contributed by atoms with Crippen LogP contribution in [0.2, 0.25) is 0 Å². The van der Waals surface area contributed by atoms with Crippen LogP contribution in [0, 0.1) is 0 Å². The van der Waals surface area contributed by atoms with E-state index in [-0.39, 0.29) is 32.0 Å². The Kier molecular flexibility index (Phi) is 72.3. The van der Waals surface area contributed by atoms with Gasteiger partial charge in [0.2, 0.25) is 0 Å². The van der Waals surface area contributed by atoms with E-state index in [1.165, 1.54) is 193 Å². The van der Waals surface area contributed by atoms with Crippen LogP contribution in [0.15, 0.2) is 134 Å². The first-order valence-electron chi connectivity index (χ1n) is 39.9. The van der Waals surface area contributed by atoms with E-state index in [0.29, 0.717) is 17.4 Å². The highest BCUT2D eigenvalue weighted by atomic mass is 31.2. The topological polar surface area (TPSA) is 108 Å². The smallest absolute Gasteiger partial charge is 0.462 e. The zero-order chi connectivity index (χ0) is 69.7. The summed E-state index contributed by atoms with van der Waals surface area (Å²) in [5.41, 5.74) is 0. The van der Waals surface area contributed by atoms with E-state index in [0.717, 1.165) is 122 Å².